The zero-order valence-corrected chi connectivity index (χ0v) is 7.52. The first-order chi connectivity index (χ1) is 6.09. The zero-order valence-electron chi connectivity index (χ0n) is 6.70. The predicted octanol–water partition coefficient (Wildman–Crippen LogP) is -0.263. The fourth-order valence-electron chi connectivity index (χ4n) is 1.29. The largest absolute Gasteiger partial charge is 0.495 e. The molecule has 0 radical (unpaired) electrons. The maximum absolute atomic E-state index is 11.5. The zero-order chi connectivity index (χ0) is 9.47. The highest BCUT2D eigenvalue weighted by Gasteiger charge is 2.29. The topological polar surface area (TPSA) is 79.2 Å². The summed E-state index contributed by atoms with van der Waals surface area (Å²) in [5, 5.41) is 9.94. The highest BCUT2D eigenvalue weighted by Crippen LogP contribution is 2.21. The summed E-state index contributed by atoms with van der Waals surface area (Å²) in [5.74, 6) is -0.256. The van der Waals surface area contributed by atoms with Gasteiger partial charge < -0.3 is 10.1 Å². The van der Waals surface area contributed by atoms with E-state index in [2.05, 4.69) is 5.32 Å². The molecule has 0 aromatic rings. The van der Waals surface area contributed by atoms with Crippen LogP contribution in [0.15, 0.2) is 22.9 Å². The molecular formula is C7H8N2O3S. The van der Waals surface area contributed by atoms with Gasteiger partial charge in [0.1, 0.15) is 18.2 Å². The summed E-state index contributed by atoms with van der Waals surface area (Å²) < 4.78 is 27.9. The van der Waals surface area contributed by atoms with Gasteiger partial charge in [-0.3, -0.25) is 5.41 Å². The number of ether oxygens (including phenoxy) is 1. The minimum absolute atomic E-state index is 0.00218. The van der Waals surface area contributed by atoms with Crippen molar-refractivity contribution in [1.82, 2.24) is 5.32 Å². The minimum atomic E-state index is -3.31. The van der Waals surface area contributed by atoms with Crippen molar-refractivity contribution < 1.29 is 13.2 Å². The van der Waals surface area contributed by atoms with Gasteiger partial charge in [0.2, 0.25) is 0 Å². The Morgan fingerprint density at radius 1 is 1.54 bits per heavy atom. The van der Waals surface area contributed by atoms with Crippen molar-refractivity contribution in [2.75, 3.05) is 12.4 Å². The van der Waals surface area contributed by atoms with Gasteiger partial charge in [0.05, 0.1) is 16.9 Å². The molecule has 0 spiro atoms. The van der Waals surface area contributed by atoms with E-state index in [4.69, 9.17) is 10.1 Å². The Morgan fingerprint density at radius 3 is 3.08 bits per heavy atom. The number of rotatable bonds is 0. The minimum Gasteiger partial charge on any atom is -0.495 e. The lowest BCUT2D eigenvalue weighted by molar-refractivity contribution is 0.270. The molecule has 0 aromatic carbocycles. The number of hydrogen-bond acceptors (Lipinski definition) is 4. The lowest BCUT2D eigenvalue weighted by atomic mass is 10.3. The number of amidine groups is 1. The van der Waals surface area contributed by atoms with E-state index < -0.39 is 9.84 Å². The van der Waals surface area contributed by atoms with Crippen molar-refractivity contribution in [2.45, 2.75) is 0 Å². The molecule has 2 aliphatic heterocycles. The summed E-state index contributed by atoms with van der Waals surface area (Å²) >= 11 is 0. The number of nitrogens with one attached hydrogen (secondary N) is 2. The maximum Gasteiger partial charge on any atom is 0.187 e. The summed E-state index contributed by atoms with van der Waals surface area (Å²) in [4.78, 5) is 0.245. The molecule has 0 bridgehead atoms. The van der Waals surface area contributed by atoms with Crippen LogP contribution in [-0.2, 0) is 14.6 Å². The Labute approximate surface area is 75.5 Å². The Morgan fingerprint density at radius 2 is 2.31 bits per heavy atom. The Kier molecular flexibility index (Phi) is 1.66. The van der Waals surface area contributed by atoms with Crippen LogP contribution in [0.3, 0.4) is 0 Å². The monoisotopic (exact) mass is 200 g/mol. The molecule has 0 fully saturated rings. The van der Waals surface area contributed by atoms with Crippen molar-refractivity contribution in [2.24, 2.45) is 0 Å². The van der Waals surface area contributed by atoms with Crippen LogP contribution in [0, 0.1) is 5.41 Å². The summed E-state index contributed by atoms with van der Waals surface area (Å²) in [6, 6.07) is 0. The van der Waals surface area contributed by atoms with Gasteiger partial charge in [-0.15, -0.1) is 0 Å². The molecule has 0 aliphatic carbocycles. The lowest BCUT2D eigenvalue weighted by Gasteiger charge is -2.23. The summed E-state index contributed by atoms with van der Waals surface area (Å²) in [5.41, 5.74) is 0.457. The second-order valence-electron chi connectivity index (χ2n) is 2.82. The van der Waals surface area contributed by atoms with Gasteiger partial charge in [-0.1, -0.05) is 0 Å². The van der Waals surface area contributed by atoms with Crippen LogP contribution in [-0.4, -0.2) is 26.6 Å². The van der Waals surface area contributed by atoms with E-state index in [-0.39, 0.29) is 23.1 Å². The van der Waals surface area contributed by atoms with Gasteiger partial charge in [-0.05, 0) is 6.08 Å². The third-order valence-electron chi connectivity index (χ3n) is 1.81. The Balaban J connectivity index is 2.56. The molecule has 0 saturated carbocycles. The van der Waals surface area contributed by atoms with E-state index in [1.807, 2.05) is 0 Å². The van der Waals surface area contributed by atoms with Crippen LogP contribution in [0.1, 0.15) is 0 Å². The third-order valence-corrected chi connectivity index (χ3v) is 3.53. The molecule has 0 aromatic heterocycles. The summed E-state index contributed by atoms with van der Waals surface area (Å²) in [6.07, 6.45) is 2.76. The molecule has 6 heteroatoms. The van der Waals surface area contributed by atoms with Crippen molar-refractivity contribution in [3.63, 3.8) is 0 Å². The summed E-state index contributed by atoms with van der Waals surface area (Å²) in [6.45, 7) is 0.188. The lowest BCUT2D eigenvalue weighted by Crippen LogP contribution is -2.38. The normalized spacial score (nSPS) is 24.8. The standard InChI is InChI=1S/C7H8N2O3S/c8-7-4-13(10,11)6-1-2-12-3-5(6)9-7/h1-2H,3-4H2,(H2,8,9). The number of sulfone groups is 1. The molecule has 13 heavy (non-hydrogen) atoms. The van der Waals surface area contributed by atoms with E-state index in [0.29, 0.717) is 5.70 Å². The molecule has 0 saturated heterocycles. The van der Waals surface area contributed by atoms with E-state index in [1.165, 1.54) is 12.3 Å². The first-order valence-electron chi connectivity index (χ1n) is 3.68. The number of allylic oxidation sites excluding steroid dienone is 1. The van der Waals surface area contributed by atoms with Crippen LogP contribution >= 0.6 is 0 Å². The van der Waals surface area contributed by atoms with E-state index in [1.54, 1.807) is 0 Å². The van der Waals surface area contributed by atoms with Gasteiger partial charge in [0, 0.05) is 0 Å². The molecule has 0 amide bonds. The SMILES string of the molecule is N=C1CS(=O)(=O)C2=C(COC=C2)N1. The quantitative estimate of drug-likeness (QED) is 0.564. The average Bonchev–Trinajstić information content (AvgIpc) is 2.02. The molecule has 70 valence electrons. The molecule has 2 heterocycles. The van der Waals surface area contributed by atoms with Crippen LogP contribution < -0.4 is 5.32 Å². The average molecular weight is 200 g/mol. The van der Waals surface area contributed by atoms with Crippen LogP contribution in [0.25, 0.3) is 0 Å². The molecule has 2 rings (SSSR count). The molecule has 2 N–H and O–H groups in total. The van der Waals surface area contributed by atoms with Crippen LogP contribution in [0.4, 0.5) is 0 Å². The van der Waals surface area contributed by atoms with E-state index in [0.717, 1.165) is 0 Å². The van der Waals surface area contributed by atoms with Crippen LogP contribution in [0.5, 0.6) is 0 Å². The van der Waals surface area contributed by atoms with E-state index >= 15 is 0 Å². The Hall–Kier alpha value is -1.30. The molecule has 5 nitrogen and oxygen atoms in total. The highest BCUT2D eigenvalue weighted by atomic mass is 32.2. The van der Waals surface area contributed by atoms with Gasteiger partial charge in [0.25, 0.3) is 0 Å². The third kappa shape index (κ3) is 1.33. The first kappa shape index (κ1) is 8.31. The van der Waals surface area contributed by atoms with Gasteiger partial charge in [0.15, 0.2) is 9.84 Å². The van der Waals surface area contributed by atoms with Crippen LogP contribution in [0.2, 0.25) is 0 Å². The van der Waals surface area contributed by atoms with Crippen molar-refractivity contribution in [3.8, 4) is 0 Å². The molecule has 0 unspecified atom stereocenters. The first-order valence-corrected chi connectivity index (χ1v) is 5.33. The molecule has 2 aliphatic rings. The number of hydrogen-bond donors (Lipinski definition) is 2. The maximum atomic E-state index is 11.5. The fourth-order valence-corrected chi connectivity index (χ4v) is 2.64. The van der Waals surface area contributed by atoms with Gasteiger partial charge >= 0.3 is 0 Å². The fraction of sp³-hybridized carbons (Fsp3) is 0.286. The second kappa shape index (κ2) is 2.59. The summed E-state index contributed by atoms with van der Waals surface area (Å²) in [7, 11) is -3.31. The van der Waals surface area contributed by atoms with Gasteiger partial charge in [-0.25, -0.2) is 8.42 Å². The molecular weight excluding hydrogens is 192 g/mol. The second-order valence-corrected chi connectivity index (χ2v) is 4.78. The van der Waals surface area contributed by atoms with Gasteiger partial charge in [-0.2, -0.15) is 0 Å². The Bertz CT molecular complexity index is 419. The molecule has 0 atom stereocenters. The van der Waals surface area contributed by atoms with Crippen molar-refractivity contribution >= 4 is 15.7 Å². The van der Waals surface area contributed by atoms with Crippen molar-refractivity contribution in [3.05, 3.63) is 22.9 Å². The van der Waals surface area contributed by atoms with Crippen molar-refractivity contribution in [1.29, 1.82) is 5.41 Å². The van der Waals surface area contributed by atoms with E-state index in [9.17, 15) is 8.42 Å². The highest BCUT2D eigenvalue weighted by molar-refractivity contribution is 7.96. The smallest absolute Gasteiger partial charge is 0.187 e. The predicted molar refractivity (Wildman–Crippen MR) is 46.8 cm³/mol.